The van der Waals surface area contributed by atoms with E-state index >= 15 is 0 Å². The van der Waals surface area contributed by atoms with Crippen molar-refractivity contribution in [3.63, 3.8) is 0 Å². The standard InChI is InChI=1S/C31H34N4S/c1-18-14-21(4)29(22(5)15-18)34-23(6)17-26(24(34)7)30-28(27-10-8-9-13-32-27)33-31(36)35(30)25-12-11-19(2)20(3)16-25/h8-17,28,30H,1-7H3,(H,33,36)/t28-,30+/m0/s1. The lowest BCUT2D eigenvalue weighted by Gasteiger charge is -2.29. The normalized spacial score (nSPS) is 17.5. The largest absolute Gasteiger partial charge is 0.351 e. The van der Waals surface area contributed by atoms with Gasteiger partial charge in [0.25, 0.3) is 0 Å². The third-order valence-electron chi connectivity index (χ3n) is 7.51. The third-order valence-corrected chi connectivity index (χ3v) is 7.83. The molecule has 1 saturated heterocycles. The highest BCUT2D eigenvalue weighted by molar-refractivity contribution is 7.80. The summed E-state index contributed by atoms with van der Waals surface area (Å²) in [6.45, 7) is 15.3. The summed E-state index contributed by atoms with van der Waals surface area (Å²) in [6.07, 6.45) is 1.86. The highest BCUT2D eigenvalue weighted by atomic mass is 32.1. The molecule has 0 amide bonds. The van der Waals surface area contributed by atoms with Gasteiger partial charge in [-0.15, -0.1) is 0 Å². The number of hydrogen-bond acceptors (Lipinski definition) is 2. The van der Waals surface area contributed by atoms with Crippen LogP contribution in [-0.4, -0.2) is 14.7 Å². The Kier molecular flexibility index (Phi) is 6.21. The molecule has 2 aromatic heterocycles. The van der Waals surface area contributed by atoms with E-state index in [1.54, 1.807) is 0 Å². The summed E-state index contributed by atoms with van der Waals surface area (Å²) in [5, 5.41) is 4.34. The Balaban J connectivity index is 1.72. The minimum atomic E-state index is -0.0607. The van der Waals surface area contributed by atoms with Gasteiger partial charge in [-0.05, 0) is 119 Å². The molecule has 0 unspecified atom stereocenters. The van der Waals surface area contributed by atoms with Crippen molar-refractivity contribution in [2.75, 3.05) is 4.90 Å². The number of nitrogens with zero attached hydrogens (tertiary/aromatic N) is 3. The zero-order valence-corrected chi connectivity index (χ0v) is 23.0. The van der Waals surface area contributed by atoms with E-state index in [2.05, 4.69) is 106 Å². The highest BCUT2D eigenvalue weighted by Gasteiger charge is 2.42. The molecule has 2 aromatic carbocycles. The summed E-state index contributed by atoms with van der Waals surface area (Å²) in [6, 6.07) is 19.5. The predicted molar refractivity (Wildman–Crippen MR) is 153 cm³/mol. The van der Waals surface area contributed by atoms with Crippen LogP contribution in [0.3, 0.4) is 0 Å². The van der Waals surface area contributed by atoms with E-state index in [9.17, 15) is 0 Å². The molecule has 0 radical (unpaired) electrons. The van der Waals surface area contributed by atoms with Crippen molar-refractivity contribution in [3.05, 3.63) is 111 Å². The number of benzene rings is 2. The van der Waals surface area contributed by atoms with Crippen LogP contribution in [0.5, 0.6) is 0 Å². The SMILES string of the molecule is Cc1cc(C)c(-n2c(C)cc([C@@H]3[C@H](c4ccccn4)NC(=S)N3c3ccc(C)c(C)c3)c2C)c(C)c1. The fraction of sp³-hybridized carbons (Fsp3) is 0.290. The Morgan fingerprint density at radius 2 is 1.53 bits per heavy atom. The number of anilines is 1. The first-order valence-corrected chi connectivity index (χ1v) is 12.9. The summed E-state index contributed by atoms with van der Waals surface area (Å²) >= 11 is 5.97. The molecule has 184 valence electrons. The van der Waals surface area contributed by atoms with Crippen LogP contribution in [0.4, 0.5) is 5.69 Å². The number of hydrogen-bond donors (Lipinski definition) is 1. The average molecular weight is 495 g/mol. The smallest absolute Gasteiger partial charge is 0.174 e. The monoisotopic (exact) mass is 494 g/mol. The van der Waals surface area contributed by atoms with Crippen LogP contribution in [-0.2, 0) is 0 Å². The molecule has 0 aliphatic carbocycles. The Bertz CT molecular complexity index is 1440. The Labute approximate surface area is 220 Å². The van der Waals surface area contributed by atoms with Crippen molar-refractivity contribution in [2.24, 2.45) is 0 Å². The molecule has 1 fully saturated rings. The van der Waals surface area contributed by atoms with Gasteiger partial charge in [-0.3, -0.25) is 4.98 Å². The molecule has 2 atom stereocenters. The molecule has 4 aromatic rings. The van der Waals surface area contributed by atoms with Crippen LogP contribution in [0, 0.1) is 48.5 Å². The maximum Gasteiger partial charge on any atom is 0.174 e. The van der Waals surface area contributed by atoms with E-state index in [0.29, 0.717) is 0 Å². The van der Waals surface area contributed by atoms with Crippen LogP contribution < -0.4 is 10.2 Å². The molecule has 0 spiro atoms. The number of aryl methyl sites for hydroxylation is 6. The van der Waals surface area contributed by atoms with Crippen molar-refractivity contribution < 1.29 is 0 Å². The molecular weight excluding hydrogens is 460 g/mol. The van der Waals surface area contributed by atoms with Gasteiger partial charge >= 0.3 is 0 Å². The average Bonchev–Trinajstić information content (AvgIpc) is 3.32. The van der Waals surface area contributed by atoms with E-state index in [0.717, 1.165) is 16.5 Å². The summed E-state index contributed by atoms with van der Waals surface area (Å²) in [5.41, 5.74) is 13.5. The molecule has 36 heavy (non-hydrogen) atoms. The molecule has 5 heteroatoms. The molecule has 0 bridgehead atoms. The molecule has 1 aliphatic rings. The minimum absolute atomic E-state index is 0.0273. The van der Waals surface area contributed by atoms with Gasteiger partial charge in [0.1, 0.15) is 0 Å². The van der Waals surface area contributed by atoms with Gasteiger partial charge in [0.2, 0.25) is 0 Å². The quantitative estimate of drug-likeness (QED) is 0.304. The lowest BCUT2D eigenvalue weighted by molar-refractivity contribution is 0.565. The first kappa shape index (κ1) is 24.3. The summed E-state index contributed by atoms with van der Waals surface area (Å²) in [7, 11) is 0. The van der Waals surface area contributed by atoms with Gasteiger partial charge in [0.05, 0.1) is 23.5 Å². The molecule has 4 nitrogen and oxygen atoms in total. The molecule has 3 heterocycles. The van der Waals surface area contributed by atoms with Gasteiger partial charge in [-0.25, -0.2) is 0 Å². The number of pyridine rings is 1. The Morgan fingerprint density at radius 3 is 2.17 bits per heavy atom. The van der Waals surface area contributed by atoms with E-state index in [4.69, 9.17) is 17.2 Å². The zero-order chi connectivity index (χ0) is 25.7. The van der Waals surface area contributed by atoms with Crippen LogP contribution in [0.1, 0.15) is 62.5 Å². The highest BCUT2D eigenvalue weighted by Crippen LogP contribution is 2.44. The first-order chi connectivity index (χ1) is 17.2. The maximum absolute atomic E-state index is 5.97. The van der Waals surface area contributed by atoms with Crippen molar-refractivity contribution in [3.8, 4) is 5.69 Å². The Hall–Kier alpha value is -3.44. The summed E-state index contributed by atoms with van der Waals surface area (Å²) in [5.74, 6) is 0. The topological polar surface area (TPSA) is 33.1 Å². The predicted octanol–water partition coefficient (Wildman–Crippen LogP) is 7.21. The van der Waals surface area contributed by atoms with E-state index in [-0.39, 0.29) is 12.1 Å². The summed E-state index contributed by atoms with van der Waals surface area (Å²) < 4.78 is 2.41. The van der Waals surface area contributed by atoms with Crippen molar-refractivity contribution >= 4 is 23.0 Å². The zero-order valence-electron chi connectivity index (χ0n) is 22.2. The summed E-state index contributed by atoms with van der Waals surface area (Å²) in [4.78, 5) is 7.01. The lowest BCUT2D eigenvalue weighted by Crippen LogP contribution is -2.29. The van der Waals surface area contributed by atoms with Crippen LogP contribution in [0.25, 0.3) is 5.69 Å². The van der Waals surface area contributed by atoms with Crippen molar-refractivity contribution in [2.45, 2.75) is 60.5 Å². The number of nitrogens with one attached hydrogen (secondary N) is 1. The van der Waals surface area contributed by atoms with E-state index < -0.39 is 0 Å². The second-order valence-electron chi connectivity index (χ2n) is 10.2. The van der Waals surface area contributed by atoms with Crippen LogP contribution in [0.2, 0.25) is 0 Å². The van der Waals surface area contributed by atoms with Crippen molar-refractivity contribution in [1.29, 1.82) is 0 Å². The Morgan fingerprint density at radius 1 is 0.806 bits per heavy atom. The molecule has 1 N–H and O–H groups in total. The van der Waals surface area contributed by atoms with Gasteiger partial charge in [0.15, 0.2) is 5.11 Å². The van der Waals surface area contributed by atoms with Gasteiger partial charge in [-0.1, -0.05) is 29.8 Å². The lowest BCUT2D eigenvalue weighted by atomic mass is 9.96. The molecule has 0 saturated carbocycles. The number of rotatable bonds is 4. The maximum atomic E-state index is 5.97. The fourth-order valence-corrected chi connectivity index (χ4v) is 6.13. The van der Waals surface area contributed by atoms with Gasteiger partial charge in [0, 0.05) is 23.3 Å². The van der Waals surface area contributed by atoms with Crippen LogP contribution >= 0.6 is 12.2 Å². The van der Waals surface area contributed by atoms with Gasteiger partial charge in [-0.2, -0.15) is 0 Å². The second kappa shape index (κ2) is 9.21. The second-order valence-corrected chi connectivity index (χ2v) is 10.6. The molecular formula is C31H34N4S. The van der Waals surface area contributed by atoms with E-state index in [1.165, 1.54) is 50.5 Å². The van der Waals surface area contributed by atoms with Crippen LogP contribution in [0.15, 0.2) is 60.8 Å². The number of thiocarbonyl (C=S) groups is 1. The van der Waals surface area contributed by atoms with Crippen molar-refractivity contribution in [1.82, 2.24) is 14.9 Å². The fourth-order valence-electron chi connectivity index (χ4n) is 5.78. The molecule has 5 rings (SSSR count). The van der Waals surface area contributed by atoms with Gasteiger partial charge < -0.3 is 14.8 Å². The third kappa shape index (κ3) is 4.01. The minimum Gasteiger partial charge on any atom is -0.351 e. The van der Waals surface area contributed by atoms with E-state index in [1.807, 2.05) is 18.3 Å². The molecule has 1 aliphatic heterocycles. The first-order valence-electron chi connectivity index (χ1n) is 12.5. The number of aromatic nitrogens is 2.